The number of carbonyl (C=O) groups is 2. The molecule has 1 aromatic rings. The zero-order valence-electron chi connectivity index (χ0n) is 9.93. The summed E-state index contributed by atoms with van der Waals surface area (Å²) in [6, 6.07) is 3.43. The second kappa shape index (κ2) is 5.48. The molecule has 1 amide bonds. The highest BCUT2D eigenvalue weighted by molar-refractivity contribution is 9.10. The lowest BCUT2D eigenvalue weighted by atomic mass is 10.1. The molecule has 1 aliphatic heterocycles. The molecule has 0 aromatic carbocycles. The Balaban J connectivity index is 2.08. The van der Waals surface area contributed by atoms with Crippen molar-refractivity contribution >= 4 is 27.8 Å². The molecule has 96 valence electrons. The van der Waals surface area contributed by atoms with E-state index in [0.717, 1.165) is 0 Å². The molecule has 1 aromatic heterocycles. The topological polar surface area (TPSA) is 59.5 Å². The van der Waals surface area contributed by atoms with E-state index in [9.17, 15) is 9.59 Å². The lowest BCUT2D eigenvalue weighted by molar-refractivity contribution is -0.144. The van der Waals surface area contributed by atoms with E-state index in [1.165, 1.54) is 7.11 Å². The lowest BCUT2D eigenvalue weighted by Gasteiger charge is -2.16. The number of methoxy groups -OCH3 is 1. The minimum absolute atomic E-state index is 0.110. The molecular weight excluding hydrogens is 300 g/mol. The Hall–Kier alpha value is -1.43. The van der Waals surface area contributed by atoms with Gasteiger partial charge in [0.25, 0.3) is 5.91 Å². The van der Waals surface area contributed by atoms with Crippen LogP contribution in [-0.2, 0) is 9.53 Å². The minimum Gasteiger partial charge on any atom is -0.469 e. The maximum absolute atomic E-state index is 12.2. The van der Waals surface area contributed by atoms with Crippen molar-refractivity contribution in [2.45, 2.75) is 6.42 Å². The number of carbonyl (C=O) groups excluding carboxylic acids is 2. The van der Waals surface area contributed by atoms with Crippen molar-refractivity contribution in [1.82, 2.24) is 9.88 Å². The zero-order chi connectivity index (χ0) is 13.1. The highest BCUT2D eigenvalue weighted by Gasteiger charge is 2.32. The number of hydrogen-bond acceptors (Lipinski definition) is 4. The summed E-state index contributed by atoms with van der Waals surface area (Å²) in [4.78, 5) is 29.3. The molecule has 1 saturated heterocycles. The van der Waals surface area contributed by atoms with Crippen LogP contribution < -0.4 is 0 Å². The third-order valence-electron chi connectivity index (χ3n) is 3.00. The summed E-state index contributed by atoms with van der Waals surface area (Å²) >= 11 is 3.25. The second-order valence-electron chi connectivity index (χ2n) is 4.10. The van der Waals surface area contributed by atoms with Gasteiger partial charge < -0.3 is 9.64 Å². The lowest BCUT2D eigenvalue weighted by Crippen LogP contribution is -2.30. The van der Waals surface area contributed by atoms with Crippen LogP contribution in [0.25, 0.3) is 0 Å². The van der Waals surface area contributed by atoms with E-state index >= 15 is 0 Å². The van der Waals surface area contributed by atoms with Crippen molar-refractivity contribution in [1.29, 1.82) is 0 Å². The van der Waals surface area contributed by atoms with E-state index in [1.807, 2.05) is 0 Å². The fourth-order valence-electron chi connectivity index (χ4n) is 2.02. The van der Waals surface area contributed by atoms with Gasteiger partial charge in [0.2, 0.25) is 0 Å². The number of rotatable bonds is 2. The summed E-state index contributed by atoms with van der Waals surface area (Å²) in [5.41, 5.74) is 0.517. The first kappa shape index (κ1) is 13.0. The molecular formula is C12H13BrN2O3. The summed E-state index contributed by atoms with van der Waals surface area (Å²) < 4.78 is 5.22. The van der Waals surface area contributed by atoms with Crippen LogP contribution in [0.15, 0.2) is 22.9 Å². The van der Waals surface area contributed by atoms with Gasteiger partial charge in [-0.05, 0) is 34.5 Å². The molecule has 2 rings (SSSR count). The van der Waals surface area contributed by atoms with Crippen LogP contribution in [-0.4, -0.2) is 42.0 Å². The summed E-state index contributed by atoms with van der Waals surface area (Å²) in [5, 5.41) is 0. The van der Waals surface area contributed by atoms with Crippen molar-refractivity contribution in [2.75, 3.05) is 20.2 Å². The van der Waals surface area contributed by atoms with Crippen LogP contribution in [0.3, 0.4) is 0 Å². The van der Waals surface area contributed by atoms with Gasteiger partial charge in [0.05, 0.1) is 18.6 Å². The van der Waals surface area contributed by atoms with Crippen LogP contribution in [0.4, 0.5) is 0 Å². The van der Waals surface area contributed by atoms with Gasteiger partial charge in [0, 0.05) is 19.3 Å². The number of nitrogens with zero attached hydrogens (tertiary/aromatic N) is 2. The largest absolute Gasteiger partial charge is 0.469 e. The molecule has 0 aliphatic carbocycles. The number of halogens is 1. The average Bonchev–Trinajstić information content (AvgIpc) is 2.87. The number of ether oxygens (including phenoxy) is 1. The zero-order valence-corrected chi connectivity index (χ0v) is 11.5. The molecule has 1 atom stereocenters. The predicted molar refractivity (Wildman–Crippen MR) is 68.0 cm³/mol. The molecule has 0 saturated carbocycles. The molecule has 5 nitrogen and oxygen atoms in total. The summed E-state index contributed by atoms with van der Waals surface area (Å²) in [5.74, 6) is -0.577. The first-order valence-corrected chi connectivity index (χ1v) is 6.40. The van der Waals surface area contributed by atoms with Gasteiger partial charge in [-0.3, -0.25) is 9.59 Å². The van der Waals surface area contributed by atoms with E-state index in [4.69, 9.17) is 4.74 Å². The Labute approximate surface area is 113 Å². The Bertz CT molecular complexity index is 478. The summed E-state index contributed by atoms with van der Waals surface area (Å²) in [6.07, 6.45) is 2.26. The number of pyridine rings is 1. The number of amides is 1. The fraction of sp³-hybridized carbons (Fsp3) is 0.417. The number of aromatic nitrogens is 1. The van der Waals surface area contributed by atoms with E-state index in [-0.39, 0.29) is 17.8 Å². The summed E-state index contributed by atoms with van der Waals surface area (Å²) in [7, 11) is 1.37. The van der Waals surface area contributed by atoms with Gasteiger partial charge in [0.15, 0.2) is 0 Å². The van der Waals surface area contributed by atoms with Crippen molar-refractivity contribution in [3.63, 3.8) is 0 Å². The molecule has 0 spiro atoms. The van der Waals surface area contributed by atoms with Crippen molar-refractivity contribution < 1.29 is 14.3 Å². The molecule has 0 N–H and O–H groups in total. The Kier molecular flexibility index (Phi) is 3.96. The molecule has 0 bridgehead atoms. The minimum atomic E-state index is -0.254. The molecule has 1 unspecified atom stereocenters. The van der Waals surface area contributed by atoms with Gasteiger partial charge >= 0.3 is 5.97 Å². The SMILES string of the molecule is COC(=O)C1CCN(C(=O)c2cccnc2Br)C1. The Morgan fingerprint density at radius 3 is 3.00 bits per heavy atom. The third-order valence-corrected chi connectivity index (χ3v) is 3.63. The van der Waals surface area contributed by atoms with Gasteiger partial charge in [-0.1, -0.05) is 0 Å². The summed E-state index contributed by atoms with van der Waals surface area (Å²) in [6.45, 7) is 0.979. The van der Waals surface area contributed by atoms with Crippen LogP contribution in [0.5, 0.6) is 0 Å². The Morgan fingerprint density at radius 1 is 1.56 bits per heavy atom. The van der Waals surface area contributed by atoms with Crippen molar-refractivity contribution in [2.24, 2.45) is 5.92 Å². The van der Waals surface area contributed by atoms with E-state index in [0.29, 0.717) is 29.7 Å². The van der Waals surface area contributed by atoms with Crippen LogP contribution in [0.1, 0.15) is 16.8 Å². The standard InChI is InChI=1S/C12H13BrN2O3/c1-18-12(17)8-4-6-15(7-8)11(16)9-3-2-5-14-10(9)13/h2-3,5,8H,4,6-7H2,1H3. The quantitative estimate of drug-likeness (QED) is 0.613. The normalized spacial score (nSPS) is 18.8. The molecule has 1 aliphatic rings. The first-order valence-electron chi connectivity index (χ1n) is 5.61. The number of hydrogen-bond donors (Lipinski definition) is 0. The molecule has 1 fully saturated rings. The highest BCUT2D eigenvalue weighted by atomic mass is 79.9. The smallest absolute Gasteiger partial charge is 0.310 e. The molecule has 18 heavy (non-hydrogen) atoms. The van der Waals surface area contributed by atoms with Crippen molar-refractivity contribution in [3.8, 4) is 0 Å². The monoisotopic (exact) mass is 312 g/mol. The van der Waals surface area contributed by atoms with Gasteiger partial charge in [0.1, 0.15) is 4.60 Å². The number of likely N-dealkylation sites (tertiary alicyclic amines) is 1. The maximum atomic E-state index is 12.2. The number of esters is 1. The van der Waals surface area contributed by atoms with Gasteiger partial charge in [-0.2, -0.15) is 0 Å². The Morgan fingerprint density at radius 2 is 2.33 bits per heavy atom. The maximum Gasteiger partial charge on any atom is 0.310 e. The molecule has 2 heterocycles. The van der Waals surface area contributed by atoms with Crippen molar-refractivity contribution in [3.05, 3.63) is 28.5 Å². The first-order chi connectivity index (χ1) is 8.63. The fourth-order valence-corrected chi connectivity index (χ4v) is 2.44. The van der Waals surface area contributed by atoms with Crippen LogP contribution in [0, 0.1) is 5.92 Å². The van der Waals surface area contributed by atoms with Crippen LogP contribution >= 0.6 is 15.9 Å². The third kappa shape index (κ3) is 2.53. The highest BCUT2D eigenvalue weighted by Crippen LogP contribution is 2.22. The van der Waals surface area contributed by atoms with Gasteiger partial charge in [-0.15, -0.1) is 0 Å². The molecule has 0 radical (unpaired) electrons. The van der Waals surface area contributed by atoms with E-state index in [1.54, 1.807) is 23.2 Å². The molecule has 6 heteroatoms. The van der Waals surface area contributed by atoms with Gasteiger partial charge in [-0.25, -0.2) is 4.98 Å². The predicted octanol–water partition coefficient (Wildman–Crippen LogP) is 1.48. The van der Waals surface area contributed by atoms with Crippen LogP contribution in [0.2, 0.25) is 0 Å². The van der Waals surface area contributed by atoms with E-state index in [2.05, 4.69) is 20.9 Å². The average molecular weight is 313 g/mol. The second-order valence-corrected chi connectivity index (χ2v) is 4.85. The van der Waals surface area contributed by atoms with E-state index < -0.39 is 0 Å².